The van der Waals surface area contributed by atoms with Crippen LogP contribution in [0.1, 0.15) is 6.42 Å². The normalized spacial score (nSPS) is 27.7. The van der Waals surface area contributed by atoms with Gasteiger partial charge in [-0.2, -0.15) is 5.26 Å². The third-order valence-electron chi connectivity index (χ3n) is 1.76. The Morgan fingerprint density at radius 2 is 2.58 bits per heavy atom. The van der Waals surface area contributed by atoms with Crippen LogP contribution in [0, 0.1) is 11.3 Å². The predicted octanol–water partition coefficient (Wildman–Crippen LogP) is 0.0251. The maximum Gasteiger partial charge on any atom is 0.408 e. The zero-order valence-electron chi connectivity index (χ0n) is 6.79. The van der Waals surface area contributed by atoms with Crippen LogP contribution in [0.4, 0.5) is 4.79 Å². The monoisotopic (exact) mass is 170 g/mol. The van der Waals surface area contributed by atoms with Crippen LogP contribution >= 0.6 is 0 Å². The van der Waals surface area contributed by atoms with Crippen molar-refractivity contribution in [3.8, 4) is 6.07 Å². The highest BCUT2D eigenvalue weighted by atomic mass is 16.5. The van der Waals surface area contributed by atoms with Crippen LogP contribution in [0.5, 0.6) is 0 Å². The second-order valence-electron chi connectivity index (χ2n) is 2.61. The lowest BCUT2D eigenvalue weighted by molar-refractivity contribution is 0.150. The molecule has 1 fully saturated rings. The van der Waals surface area contributed by atoms with Gasteiger partial charge in [-0.1, -0.05) is 0 Å². The highest BCUT2D eigenvalue weighted by molar-refractivity contribution is 5.68. The minimum atomic E-state index is -0.882. The van der Waals surface area contributed by atoms with Crippen molar-refractivity contribution >= 4 is 6.09 Å². The lowest BCUT2D eigenvalue weighted by atomic mass is 10.0. The van der Waals surface area contributed by atoms with Crippen LogP contribution in [-0.2, 0) is 9.47 Å². The second kappa shape index (κ2) is 3.41. The number of hydrogen-bond acceptors (Lipinski definition) is 4. The zero-order valence-corrected chi connectivity index (χ0v) is 6.79. The Morgan fingerprint density at radius 1 is 1.83 bits per heavy atom. The second-order valence-corrected chi connectivity index (χ2v) is 2.61. The molecule has 5 nitrogen and oxygen atoms in total. The molecule has 1 saturated heterocycles. The van der Waals surface area contributed by atoms with E-state index in [4.69, 9.17) is 10.00 Å². The summed E-state index contributed by atoms with van der Waals surface area (Å²) >= 11 is 0. The van der Waals surface area contributed by atoms with Gasteiger partial charge in [0, 0.05) is 6.42 Å². The molecule has 1 N–H and O–H groups in total. The summed E-state index contributed by atoms with van der Waals surface area (Å²) in [5.41, 5.74) is -0.882. The van der Waals surface area contributed by atoms with Crippen molar-refractivity contribution in [3.05, 3.63) is 0 Å². The standard InChI is InChI=1S/C7H10N2O3/c1-11-6(10)9-7(4-8)2-3-12-5-7/h2-3,5H2,1H3,(H,9,10). The number of carbonyl (C=O) groups is 1. The Morgan fingerprint density at radius 3 is 3.00 bits per heavy atom. The molecule has 1 rings (SSSR count). The van der Waals surface area contributed by atoms with Crippen molar-refractivity contribution in [1.82, 2.24) is 5.32 Å². The molecule has 0 saturated carbocycles. The van der Waals surface area contributed by atoms with Crippen LogP contribution in [0.2, 0.25) is 0 Å². The predicted molar refractivity (Wildman–Crippen MR) is 39.3 cm³/mol. The summed E-state index contributed by atoms with van der Waals surface area (Å²) in [4.78, 5) is 10.8. The number of amides is 1. The summed E-state index contributed by atoms with van der Waals surface area (Å²) in [6.45, 7) is 0.732. The molecule has 66 valence electrons. The van der Waals surface area contributed by atoms with Gasteiger partial charge in [0.25, 0.3) is 0 Å². The summed E-state index contributed by atoms with van der Waals surface area (Å²) in [6, 6.07) is 2.01. The van der Waals surface area contributed by atoms with Crippen LogP contribution in [0.15, 0.2) is 0 Å². The number of nitriles is 1. The number of ether oxygens (including phenoxy) is 2. The van der Waals surface area contributed by atoms with E-state index in [1.54, 1.807) is 0 Å². The first-order valence-electron chi connectivity index (χ1n) is 3.57. The van der Waals surface area contributed by atoms with E-state index in [0.717, 1.165) is 0 Å². The van der Waals surface area contributed by atoms with Crippen LogP contribution in [0.25, 0.3) is 0 Å². The molecule has 0 spiro atoms. The molecule has 0 aromatic rings. The first kappa shape index (κ1) is 8.81. The van der Waals surface area contributed by atoms with Crippen molar-refractivity contribution in [2.75, 3.05) is 20.3 Å². The topological polar surface area (TPSA) is 71.3 Å². The first-order chi connectivity index (χ1) is 5.72. The van der Waals surface area contributed by atoms with E-state index in [1.807, 2.05) is 6.07 Å². The molecule has 1 aliphatic heterocycles. The SMILES string of the molecule is COC(=O)NC1(C#N)CCOC1. The number of nitrogens with zero attached hydrogens (tertiary/aromatic N) is 1. The molecule has 1 unspecified atom stereocenters. The Balaban J connectivity index is 2.57. The van der Waals surface area contributed by atoms with Gasteiger partial charge in [-0.05, 0) is 0 Å². The molecule has 0 bridgehead atoms. The van der Waals surface area contributed by atoms with Gasteiger partial charge in [0.2, 0.25) is 0 Å². The molecule has 0 radical (unpaired) electrons. The lowest BCUT2D eigenvalue weighted by Gasteiger charge is -2.18. The Labute approximate surface area is 70.3 Å². The van der Waals surface area contributed by atoms with E-state index in [1.165, 1.54) is 7.11 Å². The molecule has 5 heteroatoms. The summed E-state index contributed by atoms with van der Waals surface area (Å²) in [7, 11) is 1.26. The van der Waals surface area contributed by atoms with Gasteiger partial charge in [-0.3, -0.25) is 0 Å². The van der Waals surface area contributed by atoms with Crippen molar-refractivity contribution in [1.29, 1.82) is 5.26 Å². The largest absolute Gasteiger partial charge is 0.453 e. The molecular weight excluding hydrogens is 160 g/mol. The number of nitrogens with one attached hydrogen (secondary N) is 1. The third kappa shape index (κ3) is 1.66. The smallest absolute Gasteiger partial charge is 0.408 e. The molecule has 1 atom stereocenters. The number of methoxy groups -OCH3 is 1. The Kier molecular flexibility index (Phi) is 2.51. The number of carbonyl (C=O) groups excluding carboxylic acids is 1. The minimum Gasteiger partial charge on any atom is -0.453 e. The highest BCUT2D eigenvalue weighted by Gasteiger charge is 2.36. The van der Waals surface area contributed by atoms with E-state index in [0.29, 0.717) is 13.0 Å². The first-order valence-corrected chi connectivity index (χ1v) is 3.57. The van der Waals surface area contributed by atoms with Gasteiger partial charge in [0.05, 0.1) is 26.4 Å². The summed E-state index contributed by atoms with van der Waals surface area (Å²) in [6.07, 6.45) is -0.0828. The average Bonchev–Trinajstić information content (AvgIpc) is 2.54. The lowest BCUT2D eigenvalue weighted by Crippen LogP contribution is -2.47. The molecule has 1 aliphatic rings. The van der Waals surface area contributed by atoms with Gasteiger partial charge >= 0.3 is 6.09 Å². The van der Waals surface area contributed by atoms with Crippen LogP contribution < -0.4 is 5.32 Å². The maximum absolute atomic E-state index is 10.8. The van der Waals surface area contributed by atoms with Gasteiger partial charge in [0.1, 0.15) is 0 Å². The fourth-order valence-corrected chi connectivity index (χ4v) is 1.03. The number of rotatable bonds is 1. The Hall–Kier alpha value is -1.28. The fourth-order valence-electron chi connectivity index (χ4n) is 1.03. The van der Waals surface area contributed by atoms with Crippen molar-refractivity contribution in [2.24, 2.45) is 0 Å². The summed E-state index contributed by atoms with van der Waals surface area (Å²) in [5.74, 6) is 0. The zero-order chi connectivity index (χ0) is 9.03. The van der Waals surface area contributed by atoms with Crippen molar-refractivity contribution in [3.63, 3.8) is 0 Å². The molecular formula is C7H10N2O3. The van der Waals surface area contributed by atoms with E-state index in [2.05, 4.69) is 10.1 Å². The third-order valence-corrected chi connectivity index (χ3v) is 1.76. The van der Waals surface area contributed by atoms with E-state index < -0.39 is 11.6 Å². The summed E-state index contributed by atoms with van der Waals surface area (Å²) < 4.78 is 9.39. The van der Waals surface area contributed by atoms with Crippen LogP contribution in [0.3, 0.4) is 0 Å². The number of alkyl carbamates (subject to hydrolysis) is 1. The van der Waals surface area contributed by atoms with Crippen LogP contribution in [-0.4, -0.2) is 32.0 Å². The maximum atomic E-state index is 10.8. The Bertz CT molecular complexity index is 215. The van der Waals surface area contributed by atoms with E-state index in [-0.39, 0.29) is 6.61 Å². The highest BCUT2D eigenvalue weighted by Crippen LogP contribution is 2.17. The molecule has 1 heterocycles. The molecule has 12 heavy (non-hydrogen) atoms. The van der Waals surface area contributed by atoms with Gasteiger partial charge < -0.3 is 14.8 Å². The molecule has 1 amide bonds. The van der Waals surface area contributed by atoms with Crippen molar-refractivity contribution in [2.45, 2.75) is 12.0 Å². The molecule has 0 aliphatic carbocycles. The molecule has 0 aromatic carbocycles. The fraction of sp³-hybridized carbons (Fsp3) is 0.714. The molecule has 0 aromatic heterocycles. The summed E-state index contributed by atoms with van der Waals surface area (Å²) in [5, 5.41) is 11.2. The van der Waals surface area contributed by atoms with E-state index >= 15 is 0 Å². The van der Waals surface area contributed by atoms with Gasteiger partial charge in [-0.25, -0.2) is 4.79 Å². The van der Waals surface area contributed by atoms with Gasteiger partial charge in [-0.15, -0.1) is 0 Å². The van der Waals surface area contributed by atoms with Gasteiger partial charge in [0.15, 0.2) is 5.54 Å². The van der Waals surface area contributed by atoms with E-state index in [9.17, 15) is 4.79 Å². The quantitative estimate of drug-likeness (QED) is 0.602. The minimum absolute atomic E-state index is 0.235. The van der Waals surface area contributed by atoms with Crippen molar-refractivity contribution < 1.29 is 14.3 Å². The average molecular weight is 170 g/mol. The number of hydrogen-bond donors (Lipinski definition) is 1.